The molecule has 382 valence electrons. The van der Waals surface area contributed by atoms with Gasteiger partial charge in [-0.05, 0) is 214 Å². The van der Waals surface area contributed by atoms with Crippen LogP contribution < -0.4 is 0 Å². The zero-order valence-corrected chi connectivity index (χ0v) is 45.5. The number of fused-ring (bicyclic) bond motifs is 3. The van der Waals surface area contributed by atoms with Crippen molar-refractivity contribution in [2.75, 3.05) is 0 Å². The van der Waals surface area contributed by atoms with Crippen molar-refractivity contribution >= 4 is 0 Å². The summed E-state index contributed by atoms with van der Waals surface area (Å²) in [5.74, 6) is 0. The highest BCUT2D eigenvalue weighted by Crippen LogP contribution is 2.60. The van der Waals surface area contributed by atoms with E-state index in [1.54, 1.807) is 0 Å². The zero-order chi connectivity index (χ0) is 54.3. The Kier molecular flexibility index (Phi) is 12.7. The molecule has 0 heteroatoms. The van der Waals surface area contributed by atoms with Crippen LogP contribution in [0, 0.1) is 13.8 Å². The van der Waals surface area contributed by atoms with Crippen molar-refractivity contribution < 1.29 is 0 Å². The predicted octanol–water partition coefficient (Wildman–Crippen LogP) is 21.7. The first-order chi connectivity index (χ1) is 39.9. The van der Waals surface area contributed by atoms with Gasteiger partial charge in [-0.15, -0.1) is 0 Å². The molecule has 0 saturated carbocycles. The Morgan fingerprint density at radius 1 is 0.198 bits per heavy atom. The van der Waals surface area contributed by atoms with Gasteiger partial charge in [-0.3, -0.25) is 0 Å². The minimum absolute atomic E-state index is 0.825. The third-order valence-electron chi connectivity index (χ3n) is 16.7. The van der Waals surface area contributed by atoms with Crippen LogP contribution in [0.25, 0.3) is 111 Å². The van der Waals surface area contributed by atoms with Gasteiger partial charge in [0.2, 0.25) is 0 Å². The van der Waals surface area contributed by atoms with Gasteiger partial charge in [0.15, 0.2) is 0 Å². The third kappa shape index (κ3) is 9.12. The molecule has 0 N–H and O–H groups in total. The lowest BCUT2D eigenvalue weighted by Crippen LogP contribution is -2.29. The van der Waals surface area contributed by atoms with E-state index in [0.717, 1.165) is 44.5 Å². The summed E-state index contributed by atoms with van der Waals surface area (Å²) >= 11 is 0. The number of rotatable bonds is 11. The smallest absolute Gasteiger partial charge is 0.0622 e. The van der Waals surface area contributed by atoms with Crippen LogP contribution in [-0.4, -0.2) is 0 Å². The molecule has 14 rings (SSSR count). The van der Waals surface area contributed by atoms with Crippen molar-refractivity contribution in [3.63, 3.8) is 0 Å². The highest BCUT2D eigenvalue weighted by molar-refractivity contribution is 5.98. The van der Waals surface area contributed by atoms with Crippen LogP contribution in [0.1, 0.15) is 33.4 Å². The molecule has 0 saturated heterocycles. The average Bonchev–Trinajstić information content (AvgIpc) is 4.09. The minimum atomic E-state index is -0.825. The monoisotopic (exact) mass is 1030 g/mol. The molecule has 0 nitrogen and oxygen atoms in total. The summed E-state index contributed by atoms with van der Waals surface area (Å²) in [6, 6.07) is 118. The maximum absolute atomic E-state index is 2.52. The Labute approximate surface area is 476 Å². The first-order valence-corrected chi connectivity index (χ1v) is 28.2. The van der Waals surface area contributed by atoms with E-state index in [0.29, 0.717) is 0 Å². The molecule has 0 aliphatic heterocycles. The lowest BCUT2D eigenvalue weighted by atomic mass is 9.66. The molecule has 1 aliphatic carbocycles. The molecule has 13 aromatic carbocycles. The number of hydrogen-bond donors (Lipinski definition) is 0. The minimum Gasteiger partial charge on any atom is -0.0622 e. The summed E-state index contributed by atoms with van der Waals surface area (Å²) in [6.07, 6.45) is 0. The molecule has 0 radical (unpaired) electrons. The van der Waals surface area contributed by atoms with Crippen molar-refractivity contribution in [2.45, 2.75) is 19.3 Å². The first-order valence-electron chi connectivity index (χ1n) is 28.2. The van der Waals surface area contributed by atoms with Gasteiger partial charge in [0.25, 0.3) is 0 Å². The van der Waals surface area contributed by atoms with Gasteiger partial charge in [-0.25, -0.2) is 0 Å². The largest absolute Gasteiger partial charge is 0.0714 e. The van der Waals surface area contributed by atoms with Gasteiger partial charge in [-0.1, -0.05) is 260 Å². The second kappa shape index (κ2) is 20.9. The summed E-state index contributed by atoms with van der Waals surface area (Å²) in [5, 5.41) is 0. The lowest BCUT2D eigenvalue weighted by Gasteiger charge is -2.36. The molecule has 0 atom stereocenters. The molecule has 1 aliphatic rings. The van der Waals surface area contributed by atoms with Crippen molar-refractivity contribution in [3.05, 3.63) is 349 Å². The van der Waals surface area contributed by atoms with Gasteiger partial charge in [0, 0.05) is 0 Å². The molecule has 0 spiro atoms. The van der Waals surface area contributed by atoms with Gasteiger partial charge in [0.05, 0.1) is 5.41 Å². The molecule has 13 aromatic rings. The van der Waals surface area contributed by atoms with E-state index >= 15 is 0 Å². The maximum atomic E-state index is 2.52. The third-order valence-corrected chi connectivity index (χ3v) is 16.7. The average molecular weight is 1030 g/mol. The fraction of sp³-hybridized carbons (Fsp3) is 0.0370. The molecule has 0 unspecified atom stereocenters. The maximum Gasteiger partial charge on any atom is 0.0714 e. The van der Waals surface area contributed by atoms with Crippen LogP contribution in [0.15, 0.2) is 315 Å². The molecule has 0 bridgehead atoms. The van der Waals surface area contributed by atoms with Crippen molar-refractivity contribution in [1.29, 1.82) is 0 Å². The van der Waals surface area contributed by atoms with Crippen LogP contribution in [0.3, 0.4) is 0 Å². The number of hydrogen-bond acceptors (Lipinski definition) is 0. The second-order valence-electron chi connectivity index (χ2n) is 21.7. The zero-order valence-electron chi connectivity index (χ0n) is 45.5. The quantitative estimate of drug-likeness (QED) is 0.121. The Hall–Kier alpha value is -10.1. The second-order valence-corrected chi connectivity index (χ2v) is 21.7. The van der Waals surface area contributed by atoms with Gasteiger partial charge < -0.3 is 0 Å². The predicted molar refractivity (Wildman–Crippen MR) is 342 cm³/mol. The van der Waals surface area contributed by atoms with Crippen LogP contribution in [0.4, 0.5) is 0 Å². The SMILES string of the molecule is Cc1ccc2c(c1)-c1c(-c3ccccc3C)cccc1C2(c1cc(-c2cccc(-c3ccccc3)c2)cc(-c2cccc(-c3ccccc3)c2)c1)c1cc(-c2cccc(-c3ccccc3)c2)cc(-c2cccc(-c3ccccc3)c2)c1. The summed E-state index contributed by atoms with van der Waals surface area (Å²) in [5.41, 5.74) is 30.4. The summed E-state index contributed by atoms with van der Waals surface area (Å²) < 4.78 is 0. The Morgan fingerprint density at radius 2 is 0.506 bits per heavy atom. The summed E-state index contributed by atoms with van der Waals surface area (Å²) in [6.45, 7) is 4.49. The van der Waals surface area contributed by atoms with Crippen molar-refractivity contribution in [2.24, 2.45) is 0 Å². The topological polar surface area (TPSA) is 0 Å². The lowest BCUT2D eigenvalue weighted by molar-refractivity contribution is 0.769. The molecular weight excluding hydrogens is 973 g/mol. The summed E-state index contributed by atoms with van der Waals surface area (Å²) in [7, 11) is 0. The highest BCUT2D eigenvalue weighted by Gasteiger charge is 2.48. The summed E-state index contributed by atoms with van der Waals surface area (Å²) in [4.78, 5) is 0. The molecule has 0 amide bonds. The van der Waals surface area contributed by atoms with E-state index in [1.165, 1.54) is 100 Å². The van der Waals surface area contributed by atoms with Crippen LogP contribution in [0.2, 0.25) is 0 Å². The Bertz CT molecular complexity index is 4040. The van der Waals surface area contributed by atoms with E-state index < -0.39 is 5.41 Å². The van der Waals surface area contributed by atoms with Crippen LogP contribution in [-0.2, 0) is 5.41 Å². The van der Waals surface area contributed by atoms with Crippen molar-refractivity contribution in [3.8, 4) is 111 Å². The standard InChI is InChI=1S/C81H58/c1-55-42-43-78-77(44-55)80-76(75-39-16-15-22-56(75)2)40-21-41-79(80)81(78,73-51-69(65-35-17-31-61(45-65)57-23-7-3-8-24-57)49-70(52-73)66-36-18-32-62(46-66)58-25-9-4-10-26-58)74-53-71(67-37-19-33-63(47-67)59-27-11-5-12-28-59)50-72(54-74)68-38-20-34-64(48-68)60-29-13-6-14-30-60/h3-54H,1-2H3. The molecular formula is C81H58. The normalized spacial score (nSPS) is 12.2. The van der Waals surface area contributed by atoms with Crippen LogP contribution >= 0.6 is 0 Å². The number of aryl methyl sites for hydroxylation is 2. The molecule has 0 heterocycles. The highest BCUT2D eigenvalue weighted by atomic mass is 14.5. The van der Waals surface area contributed by atoms with E-state index in [4.69, 9.17) is 0 Å². The Balaban J connectivity index is 1.12. The number of benzene rings is 13. The Morgan fingerprint density at radius 3 is 0.889 bits per heavy atom. The van der Waals surface area contributed by atoms with Gasteiger partial charge in [-0.2, -0.15) is 0 Å². The van der Waals surface area contributed by atoms with E-state index in [-0.39, 0.29) is 0 Å². The van der Waals surface area contributed by atoms with Crippen LogP contribution in [0.5, 0.6) is 0 Å². The van der Waals surface area contributed by atoms with Gasteiger partial charge >= 0.3 is 0 Å². The fourth-order valence-corrected chi connectivity index (χ4v) is 12.8. The van der Waals surface area contributed by atoms with Gasteiger partial charge in [0.1, 0.15) is 0 Å². The molecule has 0 fully saturated rings. The molecule has 0 aromatic heterocycles. The molecule has 81 heavy (non-hydrogen) atoms. The van der Waals surface area contributed by atoms with E-state index in [2.05, 4.69) is 329 Å². The van der Waals surface area contributed by atoms with E-state index in [1.807, 2.05) is 0 Å². The van der Waals surface area contributed by atoms with E-state index in [9.17, 15) is 0 Å². The van der Waals surface area contributed by atoms with Crippen molar-refractivity contribution in [1.82, 2.24) is 0 Å². The first kappa shape index (κ1) is 49.2. The fourth-order valence-electron chi connectivity index (χ4n) is 12.8.